The zero-order valence-corrected chi connectivity index (χ0v) is 3.39. The third-order valence-electron chi connectivity index (χ3n) is 0.720. The van der Waals surface area contributed by atoms with Gasteiger partial charge in [0.2, 0.25) is 0 Å². The van der Waals surface area contributed by atoms with Crippen molar-refractivity contribution in [3.63, 3.8) is 0 Å². The normalized spacial score (nSPS) is 25.5. The second kappa shape index (κ2) is 1.55. The fourth-order valence-electron chi connectivity index (χ4n) is 0.425. The molecule has 0 radical (unpaired) electrons. The zero-order chi connectivity index (χ0) is 4.41. The van der Waals surface area contributed by atoms with E-state index in [1.165, 1.54) is 0 Å². The fourth-order valence-corrected chi connectivity index (χ4v) is 0.425. The molecule has 1 fully saturated rings. The van der Waals surface area contributed by atoms with Crippen LogP contribution in [0.4, 0.5) is 0 Å². The Morgan fingerprint density at radius 2 is 2.50 bits per heavy atom. The summed E-state index contributed by atoms with van der Waals surface area (Å²) in [5, 5.41) is 10.5. The second-order valence-corrected chi connectivity index (χ2v) is 1.24. The lowest BCUT2D eigenvalue weighted by Gasteiger charge is -2.16. The van der Waals surface area contributed by atoms with Crippen molar-refractivity contribution in [3.05, 3.63) is 5.21 Å². The SMILES string of the molecule is [O-]N1CCCO1. The van der Waals surface area contributed by atoms with Crippen molar-refractivity contribution in [2.45, 2.75) is 6.42 Å². The number of hydrogen-bond acceptors (Lipinski definition) is 3. The van der Waals surface area contributed by atoms with E-state index in [2.05, 4.69) is 4.84 Å². The summed E-state index contributed by atoms with van der Waals surface area (Å²) in [6.45, 7) is 1.14. The average molecular weight is 88.1 g/mol. The van der Waals surface area contributed by atoms with Gasteiger partial charge in [-0.1, -0.05) is 0 Å². The highest BCUT2D eigenvalue weighted by atomic mass is 16.9. The van der Waals surface area contributed by atoms with Crippen molar-refractivity contribution in [1.29, 1.82) is 0 Å². The van der Waals surface area contributed by atoms with E-state index in [1.807, 2.05) is 0 Å². The van der Waals surface area contributed by atoms with Crippen LogP contribution in [-0.2, 0) is 4.84 Å². The molecule has 0 aliphatic carbocycles. The molecule has 0 bridgehead atoms. The van der Waals surface area contributed by atoms with Crippen LogP contribution in [0.3, 0.4) is 0 Å². The number of hydroxylamine groups is 2. The van der Waals surface area contributed by atoms with Gasteiger partial charge in [-0.15, -0.1) is 0 Å². The lowest BCUT2D eigenvalue weighted by atomic mass is 10.5. The maximum atomic E-state index is 9.94. The zero-order valence-electron chi connectivity index (χ0n) is 3.39. The van der Waals surface area contributed by atoms with Crippen molar-refractivity contribution in [2.75, 3.05) is 13.2 Å². The van der Waals surface area contributed by atoms with Crippen LogP contribution in [0.25, 0.3) is 0 Å². The molecule has 0 unspecified atom stereocenters. The lowest BCUT2D eigenvalue weighted by molar-refractivity contribution is -0.0658. The van der Waals surface area contributed by atoms with Crippen LogP contribution in [0.5, 0.6) is 0 Å². The number of nitrogens with zero attached hydrogens (tertiary/aromatic N) is 1. The van der Waals surface area contributed by atoms with Gasteiger partial charge in [0.15, 0.2) is 0 Å². The Balaban J connectivity index is 2.18. The first kappa shape index (κ1) is 4.05. The Morgan fingerprint density at radius 3 is 2.67 bits per heavy atom. The first-order valence-corrected chi connectivity index (χ1v) is 1.97. The maximum Gasteiger partial charge on any atom is 0.0685 e. The van der Waals surface area contributed by atoms with Crippen LogP contribution in [0, 0.1) is 5.21 Å². The second-order valence-electron chi connectivity index (χ2n) is 1.24. The molecule has 0 aromatic rings. The predicted molar refractivity (Wildman–Crippen MR) is 20.6 cm³/mol. The minimum Gasteiger partial charge on any atom is -0.762 e. The van der Waals surface area contributed by atoms with Gasteiger partial charge in [0, 0.05) is 6.54 Å². The van der Waals surface area contributed by atoms with E-state index in [9.17, 15) is 5.21 Å². The Kier molecular flexibility index (Phi) is 1.05. The summed E-state index contributed by atoms with van der Waals surface area (Å²) in [5.41, 5.74) is 0. The summed E-state index contributed by atoms with van der Waals surface area (Å²) in [4.78, 5) is 4.43. The van der Waals surface area contributed by atoms with E-state index in [0.29, 0.717) is 18.4 Å². The topological polar surface area (TPSA) is 35.5 Å². The number of rotatable bonds is 0. The molecule has 0 saturated carbocycles. The monoisotopic (exact) mass is 88.0 g/mol. The van der Waals surface area contributed by atoms with Gasteiger partial charge in [0.05, 0.1) is 6.61 Å². The van der Waals surface area contributed by atoms with Gasteiger partial charge >= 0.3 is 0 Å². The third-order valence-corrected chi connectivity index (χ3v) is 0.720. The smallest absolute Gasteiger partial charge is 0.0685 e. The van der Waals surface area contributed by atoms with Crippen LogP contribution < -0.4 is 0 Å². The molecule has 1 rings (SSSR count). The molecule has 3 nitrogen and oxygen atoms in total. The third kappa shape index (κ3) is 0.680. The standard InChI is InChI=1S/C3H6NO2/c5-4-2-1-3-6-4/h1-3H2/q-1. The highest BCUT2D eigenvalue weighted by Gasteiger charge is 1.98. The average Bonchev–Trinajstić information content (AvgIpc) is 1.86. The Labute approximate surface area is 36.0 Å². The minimum atomic E-state index is 0.542. The molecule has 0 amide bonds. The van der Waals surface area contributed by atoms with E-state index in [1.54, 1.807) is 0 Å². The van der Waals surface area contributed by atoms with Gasteiger partial charge in [-0.25, -0.2) is 0 Å². The van der Waals surface area contributed by atoms with Crippen molar-refractivity contribution >= 4 is 0 Å². The van der Waals surface area contributed by atoms with Gasteiger partial charge in [-0.05, 0) is 6.42 Å². The van der Waals surface area contributed by atoms with Crippen molar-refractivity contribution in [1.82, 2.24) is 5.23 Å². The molecule has 0 N–H and O–H groups in total. The molecule has 0 atom stereocenters. The summed E-state index contributed by atoms with van der Waals surface area (Å²) in [6, 6.07) is 0. The van der Waals surface area contributed by atoms with Crippen molar-refractivity contribution < 1.29 is 4.84 Å². The predicted octanol–water partition coefficient (Wildman–Crippen LogP) is 0.121. The molecule has 1 heterocycles. The van der Waals surface area contributed by atoms with Gasteiger partial charge in [0.25, 0.3) is 0 Å². The summed E-state index contributed by atoms with van der Waals surface area (Å²) < 4.78 is 0. The highest BCUT2D eigenvalue weighted by molar-refractivity contribution is 4.50. The summed E-state index contributed by atoms with van der Waals surface area (Å²) >= 11 is 0. The minimum absolute atomic E-state index is 0.542. The molecular weight excluding hydrogens is 82.0 g/mol. The molecule has 36 valence electrons. The lowest BCUT2D eigenvalue weighted by Crippen LogP contribution is -2.06. The molecule has 0 aromatic carbocycles. The Bertz CT molecular complexity index is 42.1. The maximum absolute atomic E-state index is 9.94. The molecule has 1 saturated heterocycles. The van der Waals surface area contributed by atoms with E-state index >= 15 is 0 Å². The largest absolute Gasteiger partial charge is 0.762 e. The molecule has 0 spiro atoms. The van der Waals surface area contributed by atoms with Gasteiger partial charge in [-0.3, -0.25) is 5.23 Å². The van der Waals surface area contributed by atoms with Gasteiger partial charge in [0.1, 0.15) is 0 Å². The van der Waals surface area contributed by atoms with Crippen LogP contribution >= 0.6 is 0 Å². The highest BCUT2D eigenvalue weighted by Crippen LogP contribution is 1.98. The van der Waals surface area contributed by atoms with Crippen LogP contribution in [-0.4, -0.2) is 18.4 Å². The van der Waals surface area contributed by atoms with E-state index < -0.39 is 0 Å². The van der Waals surface area contributed by atoms with Gasteiger partial charge in [-0.2, -0.15) is 0 Å². The molecule has 0 aromatic heterocycles. The van der Waals surface area contributed by atoms with E-state index in [0.717, 1.165) is 6.42 Å². The molecule has 1 aliphatic heterocycles. The molecular formula is C3H6NO2-. The van der Waals surface area contributed by atoms with Crippen molar-refractivity contribution in [2.24, 2.45) is 0 Å². The van der Waals surface area contributed by atoms with Crippen LogP contribution in [0.15, 0.2) is 0 Å². The Morgan fingerprint density at radius 1 is 1.67 bits per heavy atom. The quantitative estimate of drug-likeness (QED) is 0.422. The number of hydrogen-bond donors (Lipinski definition) is 0. The first-order chi connectivity index (χ1) is 2.89. The van der Waals surface area contributed by atoms with Crippen LogP contribution in [0.1, 0.15) is 6.42 Å². The van der Waals surface area contributed by atoms with Crippen LogP contribution in [0.2, 0.25) is 0 Å². The molecule has 6 heavy (non-hydrogen) atoms. The summed E-state index contributed by atoms with van der Waals surface area (Å²) in [7, 11) is 0. The molecule has 1 aliphatic rings. The summed E-state index contributed by atoms with van der Waals surface area (Å²) in [5.74, 6) is 0. The molecule has 3 heteroatoms. The fraction of sp³-hybridized carbons (Fsp3) is 1.00. The van der Waals surface area contributed by atoms with Crippen molar-refractivity contribution in [3.8, 4) is 0 Å². The first-order valence-electron chi connectivity index (χ1n) is 1.97. The Hall–Kier alpha value is -0.120. The summed E-state index contributed by atoms with van der Waals surface area (Å²) in [6.07, 6.45) is 0.878. The van der Waals surface area contributed by atoms with E-state index in [-0.39, 0.29) is 0 Å². The van der Waals surface area contributed by atoms with Gasteiger partial charge < -0.3 is 10.0 Å². The van der Waals surface area contributed by atoms with E-state index in [4.69, 9.17) is 0 Å².